The third-order valence-electron chi connectivity index (χ3n) is 4.37. The Morgan fingerprint density at radius 1 is 0.630 bits per heavy atom. The Kier molecular flexibility index (Phi) is 4.01. The molecular weight excluding hydrogens is 350 g/mol. The van der Waals surface area contributed by atoms with E-state index in [9.17, 15) is 0 Å². The van der Waals surface area contributed by atoms with E-state index in [0.29, 0.717) is 10.6 Å². The highest BCUT2D eigenvalue weighted by Gasteiger charge is 2.06. The zero-order chi connectivity index (χ0) is 21.1. The van der Waals surface area contributed by atoms with Crippen LogP contribution in [0.15, 0.2) is 97.1 Å². The molecule has 1 nitrogen and oxygen atoms in total. The number of rotatable bonds is 4. The summed E-state index contributed by atoms with van der Waals surface area (Å²) < 4.78 is 22.8. The molecule has 2 heteroatoms. The summed E-state index contributed by atoms with van der Waals surface area (Å²) in [5.74, 6) is 0. The molecule has 4 aromatic rings. The van der Waals surface area contributed by atoms with Crippen molar-refractivity contribution < 1.29 is 4.11 Å². The summed E-state index contributed by atoms with van der Waals surface area (Å²) in [7, 11) is 0. The van der Waals surface area contributed by atoms with E-state index in [0.717, 1.165) is 33.6 Å². The van der Waals surface area contributed by atoms with Crippen molar-refractivity contribution in [3.63, 3.8) is 0 Å². The van der Waals surface area contributed by atoms with Crippen LogP contribution in [0.2, 0.25) is 5.02 Å². The molecule has 4 aromatic carbocycles. The van der Waals surface area contributed by atoms with Gasteiger partial charge in [-0.15, -0.1) is 0 Å². The predicted molar refractivity (Wildman–Crippen MR) is 117 cm³/mol. The molecule has 0 heterocycles. The standard InChI is InChI=1S/C25H20ClN/c1-18-10-12-20(13-11-18)22-14-21(19-6-3-2-4-7-19)15-25(16-22)27-24-9-5-8-23(26)17-24/h2-17,27H,1H3/i1D3. The van der Waals surface area contributed by atoms with Crippen molar-refractivity contribution in [1.82, 2.24) is 0 Å². The topological polar surface area (TPSA) is 12.0 Å². The summed E-state index contributed by atoms with van der Waals surface area (Å²) in [6, 6.07) is 31.0. The summed E-state index contributed by atoms with van der Waals surface area (Å²) in [4.78, 5) is 0. The molecular formula is C25H20ClN. The average Bonchev–Trinajstić information content (AvgIpc) is 2.74. The van der Waals surface area contributed by atoms with Gasteiger partial charge in [0, 0.05) is 20.5 Å². The second-order valence-corrected chi connectivity index (χ2v) is 6.81. The highest BCUT2D eigenvalue weighted by atomic mass is 35.5. The fourth-order valence-corrected chi connectivity index (χ4v) is 3.25. The lowest BCUT2D eigenvalue weighted by atomic mass is 9.97. The van der Waals surface area contributed by atoms with Gasteiger partial charge in [0.25, 0.3) is 0 Å². The lowest BCUT2D eigenvalue weighted by Gasteiger charge is -2.13. The average molecular weight is 373 g/mol. The van der Waals surface area contributed by atoms with Crippen molar-refractivity contribution in [3.8, 4) is 22.3 Å². The molecule has 0 unspecified atom stereocenters. The fraction of sp³-hybridized carbons (Fsp3) is 0.0400. The van der Waals surface area contributed by atoms with E-state index in [2.05, 4.69) is 35.6 Å². The van der Waals surface area contributed by atoms with E-state index >= 15 is 0 Å². The largest absolute Gasteiger partial charge is 0.355 e. The Hall–Kier alpha value is -3.03. The Morgan fingerprint density at radius 3 is 2.00 bits per heavy atom. The Bertz CT molecular complexity index is 1150. The SMILES string of the molecule is [2H]C([2H])([2H])c1ccc(-c2cc(Nc3cccc(Cl)c3)cc(-c3ccccc3)c2)cc1. The van der Waals surface area contributed by atoms with Gasteiger partial charge in [-0.05, 0) is 65.5 Å². The monoisotopic (exact) mass is 372 g/mol. The minimum absolute atomic E-state index is 0.336. The van der Waals surface area contributed by atoms with E-state index < -0.39 is 6.85 Å². The third kappa shape index (κ3) is 4.21. The maximum absolute atomic E-state index is 7.58. The predicted octanol–water partition coefficient (Wildman–Crippen LogP) is 7.73. The summed E-state index contributed by atoms with van der Waals surface area (Å²) in [5.41, 5.74) is 6.28. The van der Waals surface area contributed by atoms with Gasteiger partial charge in [0.05, 0.1) is 0 Å². The van der Waals surface area contributed by atoms with Gasteiger partial charge in [-0.3, -0.25) is 0 Å². The molecule has 0 aromatic heterocycles. The second-order valence-electron chi connectivity index (χ2n) is 6.38. The molecule has 0 radical (unpaired) electrons. The first-order valence-corrected chi connectivity index (χ1v) is 9.10. The second kappa shape index (κ2) is 7.69. The first kappa shape index (κ1) is 14.1. The maximum atomic E-state index is 7.58. The van der Waals surface area contributed by atoms with Crippen LogP contribution in [0.3, 0.4) is 0 Å². The molecule has 0 amide bonds. The van der Waals surface area contributed by atoms with E-state index in [1.54, 1.807) is 12.1 Å². The number of anilines is 2. The molecule has 0 aliphatic carbocycles. The van der Waals surface area contributed by atoms with E-state index in [1.807, 2.05) is 54.6 Å². The molecule has 0 aliphatic rings. The number of hydrogen-bond donors (Lipinski definition) is 1. The molecule has 0 fully saturated rings. The van der Waals surface area contributed by atoms with Crippen LogP contribution in [-0.2, 0) is 0 Å². The Labute approximate surface area is 169 Å². The van der Waals surface area contributed by atoms with E-state index in [4.69, 9.17) is 15.7 Å². The molecule has 1 N–H and O–H groups in total. The minimum atomic E-state index is -2.11. The van der Waals surface area contributed by atoms with Crippen molar-refractivity contribution in [1.29, 1.82) is 0 Å². The van der Waals surface area contributed by atoms with E-state index in [-0.39, 0.29) is 0 Å². The van der Waals surface area contributed by atoms with Gasteiger partial charge in [-0.25, -0.2) is 0 Å². The van der Waals surface area contributed by atoms with Crippen LogP contribution in [0.4, 0.5) is 11.4 Å². The van der Waals surface area contributed by atoms with Gasteiger partial charge in [0.15, 0.2) is 0 Å². The molecule has 0 aliphatic heterocycles. The van der Waals surface area contributed by atoms with Gasteiger partial charge in [0.1, 0.15) is 0 Å². The van der Waals surface area contributed by atoms with Crippen LogP contribution >= 0.6 is 11.6 Å². The summed E-state index contributed by atoms with van der Waals surface area (Å²) in [5, 5.41) is 4.09. The summed E-state index contributed by atoms with van der Waals surface area (Å²) in [6.07, 6.45) is 0. The molecule has 0 saturated carbocycles. The summed E-state index contributed by atoms with van der Waals surface area (Å²) in [6.45, 7) is -2.11. The lowest BCUT2D eigenvalue weighted by molar-refractivity contribution is 1.46. The van der Waals surface area contributed by atoms with Crippen LogP contribution in [0, 0.1) is 6.85 Å². The van der Waals surface area contributed by atoms with Crippen molar-refractivity contribution in [2.24, 2.45) is 0 Å². The van der Waals surface area contributed by atoms with Crippen molar-refractivity contribution in [3.05, 3.63) is 108 Å². The highest BCUT2D eigenvalue weighted by molar-refractivity contribution is 6.30. The Balaban J connectivity index is 1.77. The summed E-state index contributed by atoms with van der Waals surface area (Å²) >= 11 is 6.13. The molecule has 132 valence electrons. The van der Waals surface area contributed by atoms with Crippen molar-refractivity contribution in [2.75, 3.05) is 5.32 Å². The third-order valence-corrected chi connectivity index (χ3v) is 4.61. The number of aryl methyl sites for hydroxylation is 1. The molecule has 0 spiro atoms. The molecule has 0 atom stereocenters. The first-order chi connectivity index (χ1) is 14.4. The first-order valence-electron chi connectivity index (χ1n) is 10.2. The zero-order valence-corrected chi connectivity index (χ0v) is 15.4. The van der Waals surface area contributed by atoms with Gasteiger partial charge in [0.2, 0.25) is 0 Å². The van der Waals surface area contributed by atoms with Crippen LogP contribution < -0.4 is 5.32 Å². The van der Waals surface area contributed by atoms with Gasteiger partial charge < -0.3 is 5.32 Å². The maximum Gasteiger partial charge on any atom is 0.0426 e. The van der Waals surface area contributed by atoms with E-state index in [1.165, 1.54) is 0 Å². The Morgan fingerprint density at radius 2 is 1.33 bits per heavy atom. The van der Waals surface area contributed by atoms with Crippen LogP contribution in [0.5, 0.6) is 0 Å². The number of halogens is 1. The zero-order valence-electron chi connectivity index (χ0n) is 17.6. The molecule has 0 saturated heterocycles. The minimum Gasteiger partial charge on any atom is -0.355 e. The van der Waals surface area contributed by atoms with Crippen molar-refractivity contribution >= 4 is 23.0 Å². The van der Waals surface area contributed by atoms with Gasteiger partial charge in [-0.2, -0.15) is 0 Å². The molecule has 27 heavy (non-hydrogen) atoms. The van der Waals surface area contributed by atoms with Crippen LogP contribution in [-0.4, -0.2) is 0 Å². The smallest absolute Gasteiger partial charge is 0.0426 e. The van der Waals surface area contributed by atoms with Crippen LogP contribution in [0.25, 0.3) is 22.3 Å². The number of benzene rings is 4. The number of nitrogens with one attached hydrogen (secondary N) is 1. The highest BCUT2D eigenvalue weighted by Crippen LogP contribution is 2.32. The normalized spacial score (nSPS) is 12.7. The fourth-order valence-electron chi connectivity index (χ4n) is 3.06. The van der Waals surface area contributed by atoms with Gasteiger partial charge >= 0.3 is 0 Å². The van der Waals surface area contributed by atoms with Crippen LogP contribution in [0.1, 0.15) is 9.68 Å². The lowest BCUT2D eigenvalue weighted by Crippen LogP contribution is -1.92. The number of hydrogen-bond acceptors (Lipinski definition) is 1. The van der Waals surface area contributed by atoms with Gasteiger partial charge in [-0.1, -0.05) is 77.8 Å². The quantitative estimate of drug-likeness (QED) is 0.386. The molecule has 0 bridgehead atoms. The molecule has 4 rings (SSSR count). The van der Waals surface area contributed by atoms with Crippen molar-refractivity contribution in [2.45, 2.75) is 6.85 Å².